The molecule has 1 N–H and O–H groups in total. The van der Waals surface area contributed by atoms with Gasteiger partial charge in [-0.2, -0.15) is 0 Å². The lowest BCUT2D eigenvalue weighted by atomic mass is 10.1. The molecule has 0 radical (unpaired) electrons. The lowest BCUT2D eigenvalue weighted by Crippen LogP contribution is -2.12. The lowest BCUT2D eigenvalue weighted by molar-refractivity contribution is 0.0600. The van der Waals surface area contributed by atoms with Crippen LogP contribution in [0, 0.1) is 11.8 Å². The number of ether oxygens (including phenoxy) is 2. The van der Waals surface area contributed by atoms with Crippen molar-refractivity contribution in [2.24, 2.45) is 0 Å². The van der Waals surface area contributed by atoms with Crippen molar-refractivity contribution in [1.29, 1.82) is 0 Å². The maximum atomic E-state index is 12.6. The number of halogens is 1. The number of anilines is 1. The number of esters is 1. The highest BCUT2D eigenvalue weighted by atomic mass is 79.9. The van der Waals surface area contributed by atoms with Crippen LogP contribution in [0.3, 0.4) is 0 Å². The van der Waals surface area contributed by atoms with Gasteiger partial charge in [0.1, 0.15) is 5.75 Å². The minimum atomic E-state index is -0.410. The smallest absolute Gasteiger partial charge is 0.337 e. The summed E-state index contributed by atoms with van der Waals surface area (Å²) in [6, 6.07) is 19.3. The van der Waals surface area contributed by atoms with Gasteiger partial charge in [-0.05, 0) is 70.5 Å². The maximum Gasteiger partial charge on any atom is 0.337 e. The lowest BCUT2D eigenvalue weighted by Gasteiger charge is -2.09. The fourth-order valence-corrected chi connectivity index (χ4v) is 3.09. The van der Waals surface area contributed by atoms with E-state index in [1.54, 1.807) is 55.6 Å². The first kappa shape index (κ1) is 21.2. The van der Waals surface area contributed by atoms with E-state index >= 15 is 0 Å². The van der Waals surface area contributed by atoms with Gasteiger partial charge in [0.05, 0.1) is 25.3 Å². The second-order valence-electron chi connectivity index (χ2n) is 6.20. The Balaban J connectivity index is 1.79. The van der Waals surface area contributed by atoms with Crippen LogP contribution in [0.25, 0.3) is 0 Å². The molecular formula is C24H18BrNO4. The minimum Gasteiger partial charge on any atom is -0.497 e. The Morgan fingerprint density at radius 1 is 0.900 bits per heavy atom. The summed E-state index contributed by atoms with van der Waals surface area (Å²) in [7, 11) is 2.89. The van der Waals surface area contributed by atoms with E-state index in [1.165, 1.54) is 7.11 Å². The average Bonchev–Trinajstić information content (AvgIpc) is 2.78. The molecule has 0 aliphatic heterocycles. The molecule has 1 amide bonds. The van der Waals surface area contributed by atoms with Crippen LogP contribution in [0.2, 0.25) is 0 Å². The summed E-state index contributed by atoms with van der Waals surface area (Å²) < 4.78 is 10.6. The van der Waals surface area contributed by atoms with Crippen molar-refractivity contribution in [3.05, 3.63) is 93.5 Å². The van der Waals surface area contributed by atoms with Crippen molar-refractivity contribution < 1.29 is 19.1 Å². The molecule has 0 aliphatic rings. The van der Waals surface area contributed by atoms with Gasteiger partial charge in [0.15, 0.2) is 0 Å². The van der Waals surface area contributed by atoms with Gasteiger partial charge in [-0.25, -0.2) is 4.79 Å². The van der Waals surface area contributed by atoms with Crippen LogP contribution in [-0.2, 0) is 4.74 Å². The third kappa shape index (κ3) is 5.28. The molecule has 0 bridgehead atoms. The van der Waals surface area contributed by atoms with Crippen LogP contribution in [0.15, 0.2) is 71.2 Å². The average molecular weight is 464 g/mol. The molecule has 3 rings (SSSR count). The van der Waals surface area contributed by atoms with Crippen molar-refractivity contribution in [2.75, 3.05) is 19.5 Å². The number of carbonyl (C=O) groups excluding carboxylic acids is 2. The Labute approximate surface area is 183 Å². The summed E-state index contributed by atoms with van der Waals surface area (Å²) in [5, 5.41) is 2.87. The molecule has 5 nitrogen and oxygen atoms in total. The molecule has 3 aromatic carbocycles. The number of carbonyl (C=O) groups is 2. The summed E-state index contributed by atoms with van der Waals surface area (Å²) >= 11 is 3.39. The van der Waals surface area contributed by atoms with E-state index in [0.29, 0.717) is 32.6 Å². The predicted molar refractivity (Wildman–Crippen MR) is 119 cm³/mol. The zero-order valence-corrected chi connectivity index (χ0v) is 17.9. The van der Waals surface area contributed by atoms with E-state index < -0.39 is 5.97 Å². The third-order valence-corrected chi connectivity index (χ3v) is 4.86. The Kier molecular flexibility index (Phi) is 6.89. The van der Waals surface area contributed by atoms with E-state index in [9.17, 15) is 9.59 Å². The topological polar surface area (TPSA) is 64.6 Å². The molecule has 0 saturated carbocycles. The standard InChI is InChI=1S/C24H18BrNO4/c1-29-20-11-12-22(25)21(15-20)23(27)26-19-8-4-6-17(14-19)10-9-16-5-3-7-18(13-16)24(28)30-2/h3-8,11-15H,1-2H3,(H,26,27). The van der Waals surface area contributed by atoms with Gasteiger partial charge in [0.25, 0.3) is 5.91 Å². The summed E-state index contributed by atoms with van der Waals surface area (Å²) in [4.78, 5) is 24.3. The molecule has 0 aliphatic carbocycles. The van der Waals surface area contributed by atoms with E-state index in [2.05, 4.69) is 33.1 Å². The van der Waals surface area contributed by atoms with Gasteiger partial charge < -0.3 is 14.8 Å². The number of rotatable bonds is 4. The van der Waals surface area contributed by atoms with Crippen LogP contribution in [0.4, 0.5) is 5.69 Å². The van der Waals surface area contributed by atoms with Crippen LogP contribution in [0.1, 0.15) is 31.8 Å². The number of hydrogen-bond acceptors (Lipinski definition) is 4. The zero-order chi connectivity index (χ0) is 21.5. The molecule has 0 heterocycles. The molecule has 0 aromatic heterocycles. The molecule has 0 spiro atoms. The predicted octanol–water partition coefficient (Wildman–Crippen LogP) is 4.90. The molecule has 0 unspecified atom stereocenters. The highest BCUT2D eigenvalue weighted by molar-refractivity contribution is 9.10. The Morgan fingerprint density at radius 2 is 1.60 bits per heavy atom. The molecule has 0 saturated heterocycles. The largest absolute Gasteiger partial charge is 0.497 e. The van der Waals surface area contributed by atoms with Crippen molar-refractivity contribution in [2.45, 2.75) is 0 Å². The number of nitrogens with one attached hydrogen (secondary N) is 1. The second-order valence-corrected chi connectivity index (χ2v) is 7.06. The summed E-state index contributed by atoms with van der Waals surface area (Å²) in [5.74, 6) is 5.99. The molecule has 6 heteroatoms. The van der Waals surface area contributed by atoms with Gasteiger partial charge in [-0.3, -0.25) is 4.79 Å². The van der Waals surface area contributed by atoms with Gasteiger partial charge in [-0.15, -0.1) is 0 Å². The fourth-order valence-electron chi connectivity index (χ4n) is 2.66. The summed E-state index contributed by atoms with van der Waals surface area (Å²) in [5.41, 5.74) is 2.93. The van der Waals surface area contributed by atoms with Crippen LogP contribution in [-0.4, -0.2) is 26.1 Å². The van der Waals surface area contributed by atoms with Crippen molar-refractivity contribution in [3.8, 4) is 17.6 Å². The minimum absolute atomic E-state index is 0.267. The van der Waals surface area contributed by atoms with Gasteiger partial charge in [-0.1, -0.05) is 24.0 Å². The first-order valence-electron chi connectivity index (χ1n) is 8.95. The zero-order valence-electron chi connectivity index (χ0n) is 16.4. The molecule has 30 heavy (non-hydrogen) atoms. The monoisotopic (exact) mass is 463 g/mol. The molecular weight excluding hydrogens is 446 g/mol. The first-order chi connectivity index (χ1) is 14.5. The number of amides is 1. The van der Waals surface area contributed by atoms with Crippen molar-refractivity contribution in [3.63, 3.8) is 0 Å². The number of hydrogen-bond donors (Lipinski definition) is 1. The maximum absolute atomic E-state index is 12.6. The van der Waals surface area contributed by atoms with Crippen LogP contribution in [0.5, 0.6) is 5.75 Å². The van der Waals surface area contributed by atoms with Crippen LogP contribution < -0.4 is 10.1 Å². The van der Waals surface area contributed by atoms with E-state index in [0.717, 1.165) is 5.56 Å². The molecule has 0 fully saturated rings. The molecule has 150 valence electrons. The Bertz CT molecular complexity index is 1160. The second kappa shape index (κ2) is 9.77. The quantitative estimate of drug-likeness (QED) is 0.441. The van der Waals surface area contributed by atoms with E-state index in [4.69, 9.17) is 9.47 Å². The van der Waals surface area contributed by atoms with Crippen LogP contribution >= 0.6 is 15.9 Å². The highest BCUT2D eigenvalue weighted by Gasteiger charge is 2.12. The van der Waals surface area contributed by atoms with E-state index in [1.807, 2.05) is 18.2 Å². The highest BCUT2D eigenvalue weighted by Crippen LogP contribution is 2.23. The van der Waals surface area contributed by atoms with Gasteiger partial charge in [0.2, 0.25) is 0 Å². The summed E-state index contributed by atoms with van der Waals surface area (Å²) in [6.07, 6.45) is 0. The summed E-state index contributed by atoms with van der Waals surface area (Å²) in [6.45, 7) is 0. The normalized spacial score (nSPS) is 9.83. The Hall–Kier alpha value is -3.56. The van der Waals surface area contributed by atoms with Gasteiger partial charge in [0, 0.05) is 21.3 Å². The first-order valence-corrected chi connectivity index (χ1v) is 9.75. The Morgan fingerprint density at radius 3 is 2.30 bits per heavy atom. The van der Waals surface area contributed by atoms with Crippen molar-refractivity contribution in [1.82, 2.24) is 0 Å². The molecule has 3 aromatic rings. The number of benzene rings is 3. The van der Waals surface area contributed by atoms with Gasteiger partial charge >= 0.3 is 5.97 Å². The SMILES string of the molecule is COC(=O)c1cccc(C#Cc2cccc(NC(=O)c3cc(OC)ccc3Br)c2)c1. The fraction of sp³-hybridized carbons (Fsp3) is 0.0833. The number of methoxy groups -OCH3 is 2. The van der Waals surface area contributed by atoms with Crippen molar-refractivity contribution >= 4 is 33.5 Å². The third-order valence-electron chi connectivity index (χ3n) is 4.17. The molecule has 0 atom stereocenters. The van der Waals surface area contributed by atoms with E-state index in [-0.39, 0.29) is 5.91 Å².